The second kappa shape index (κ2) is 13.0. The van der Waals surface area contributed by atoms with E-state index in [0.29, 0.717) is 18.1 Å². The van der Waals surface area contributed by atoms with Crippen LogP contribution in [-0.2, 0) is 0 Å². The molecular weight excluding hydrogens is 318 g/mol. The van der Waals surface area contributed by atoms with Gasteiger partial charge in [0.05, 0.1) is 11.4 Å². The summed E-state index contributed by atoms with van der Waals surface area (Å²) in [6.45, 7) is 11.6. The van der Waals surface area contributed by atoms with Gasteiger partial charge in [-0.1, -0.05) is 58.6 Å². The van der Waals surface area contributed by atoms with Crippen molar-refractivity contribution in [3.05, 3.63) is 24.3 Å². The van der Waals surface area contributed by atoms with Crippen LogP contribution in [0.2, 0.25) is 0 Å². The second-order valence-electron chi connectivity index (χ2n) is 7.93. The lowest BCUT2D eigenvalue weighted by Crippen LogP contribution is -2.40. The summed E-state index contributed by atoms with van der Waals surface area (Å²) in [7, 11) is 1.98. The van der Waals surface area contributed by atoms with Crippen molar-refractivity contribution < 1.29 is 0 Å². The van der Waals surface area contributed by atoms with Crippen LogP contribution in [0.25, 0.3) is 0 Å². The van der Waals surface area contributed by atoms with Gasteiger partial charge in [0.1, 0.15) is 0 Å². The first kappa shape index (κ1) is 22.8. The molecule has 1 aromatic rings. The number of rotatable bonds is 14. The van der Waals surface area contributed by atoms with Crippen molar-refractivity contribution in [3.8, 4) is 0 Å². The number of para-hydroxylation sites is 2. The average molecular weight is 362 g/mol. The second-order valence-corrected chi connectivity index (χ2v) is 7.93. The van der Waals surface area contributed by atoms with Crippen molar-refractivity contribution in [3.63, 3.8) is 0 Å². The molecule has 0 radical (unpaired) electrons. The molecule has 0 heterocycles. The van der Waals surface area contributed by atoms with Crippen molar-refractivity contribution >= 4 is 11.4 Å². The summed E-state index contributed by atoms with van der Waals surface area (Å²) in [6.07, 6.45) is 8.90. The molecule has 0 spiro atoms. The molecule has 0 aliphatic carbocycles. The van der Waals surface area contributed by atoms with Gasteiger partial charge in [0.25, 0.3) is 0 Å². The fraction of sp³-hybridized carbons (Fsp3) is 0.739. The number of nitrogens with one attached hydrogen (secondary N) is 3. The first-order chi connectivity index (χ1) is 12.5. The van der Waals surface area contributed by atoms with Crippen LogP contribution in [0.3, 0.4) is 0 Å². The molecule has 0 saturated heterocycles. The Kier molecular flexibility index (Phi) is 11.4. The van der Waals surface area contributed by atoms with Crippen molar-refractivity contribution in [2.45, 2.75) is 97.7 Å². The first-order valence-corrected chi connectivity index (χ1v) is 10.8. The smallest absolute Gasteiger partial charge is 0.0577 e. The highest BCUT2D eigenvalue weighted by Gasteiger charge is 2.17. The predicted octanol–water partition coefficient (Wildman–Crippen LogP) is 6.28. The molecule has 3 nitrogen and oxygen atoms in total. The Balaban J connectivity index is 2.57. The number of anilines is 2. The van der Waals surface area contributed by atoms with E-state index >= 15 is 0 Å². The minimum atomic E-state index is 0.443. The molecule has 0 saturated carbocycles. The Morgan fingerprint density at radius 1 is 0.846 bits per heavy atom. The topological polar surface area (TPSA) is 36.1 Å². The zero-order valence-electron chi connectivity index (χ0n) is 18.1. The average Bonchev–Trinajstić information content (AvgIpc) is 2.61. The van der Waals surface area contributed by atoms with Gasteiger partial charge < -0.3 is 16.0 Å². The fourth-order valence-corrected chi connectivity index (χ4v) is 4.06. The standard InChI is InChI=1S/C23H43N3/c1-7-12-20(9-3)16-18(4)25-21(13-8-2)17-19(5)26-23-15-11-10-14-22(23)24-6/h10-11,14-15,18-21,24-26H,7-9,12-13,16-17H2,1-6H3. The third kappa shape index (κ3) is 8.44. The largest absolute Gasteiger partial charge is 0.386 e. The third-order valence-corrected chi connectivity index (χ3v) is 5.35. The van der Waals surface area contributed by atoms with Crippen LogP contribution in [0.1, 0.15) is 79.6 Å². The molecule has 0 bridgehead atoms. The molecule has 1 rings (SSSR count). The highest BCUT2D eigenvalue weighted by molar-refractivity contribution is 5.68. The SMILES string of the molecule is CCCC(CC)CC(C)NC(CCC)CC(C)Nc1ccccc1NC. The van der Waals surface area contributed by atoms with Gasteiger partial charge in [0, 0.05) is 25.2 Å². The van der Waals surface area contributed by atoms with Gasteiger partial charge in [-0.2, -0.15) is 0 Å². The quantitative estimate of drug-likeness (QED) is 0.365. The Bertz CT molecular complexity index is 474. The first-order valence-electron chi connectivity index (χ1n) is 10.8. The lowest BCUT2D eigenvalue weighted by molar-refractivity contribution is 0.321. The molecule has 0 aromatic heterocycles. The van der Waals surface area contributed by atoms with Crippen LogP contribution in [0, 0.1) is 5.92 Å². The Labute approximate surface area is 162 Å². The van der Waals surface area contributed by atoms with E-state index in [1.165, 1.54) is 44.2 Å². The fourth-order valence-electron chi connectivity index (χ4n) is 4.06. The van der Waals surface area contributed by atoms with E-state index in [9.17, 15) is 0 Å². The Morgan fingerprint density at radius 2 is 1.50 bits per heavy atom. The van der Waals surface area contributed by atoms with Crippen molar-refractivity contribution in [1.29, 1.82) is 0 Å². The summed E-state index contributed by atoms with van der Waals surface area (Å²) >= 11 is 0. The summed E-state index contributed by atoms with van der Waals surface area (Å²) in [5, 5.41) is 10.9. The Hall–Kier alpha value is -1.22. The van der Waals surface area contributed by atoms with Crippen LogP contribution in [0.5, 0.6) is 0 Å². The molecule has 3 N–H and O–H groups in total. The van der Waals surface area contributed by atoms with E-state index in [1.54, 1.807) is 0 Å². The molecule has 3 heteroatoms. The third-order valence-electron chi connectivity index (χ3n) is 5.35. The summed E-state index contributed by atoms with van der Waals surface area (Å²) in [6, 6.07) is 10.1. The molecule has 0 amide bonds. The van der Waals surface area contributed by atoms with Crippen molar-refractivity contribution in [2.75, 3.05) is 17.7 Å². The van der Waals surface area contributed by atoms with Crippen molar-refractivity contribution in [1.82, 2.24) is 5.32 Å². The van der Waals surface area contributed by atoms with Crippen molar-refractivity contribution in [2.24, 2.45) is 5.92 Å². The van der Waals surface area contributed by atoms with Gasteiger partial charge in [-0.25, -0.2) is 0 Å². The highest BCUT2D eigenvalue weighted by atomic mass is 15.0. The van der Waals surface area contributed by atoms with Gasteiger partial charge >= 0.3 is 0 Å². The molecule has 4 unspecified atom stereocenters. The molecule has 4 atom stereocenters. The van der Waals surface area contributed by atoms with Crippen LogP contribution < -0.4 is 16.0 Å². The van der Waals surface area contributed by atoms with Crippen LogP contribution in [0.4, 0.5) is 11.4 Å². The van der Waals surface area contributed by atoms with E-state index in [2.05, 4.69) is 74.8 Å². The normalized spacial score (nSPS) is 15.9. The molecular formula is C23H43N3. The van der Waals surface area contributed by atoms with Crippen LogP contribution in [0.15, 0.2) is 24.3 Å². The van der Waals surface area contributed by atoms with Gasteiger partial charge in [0.2, 0.25) is 0 Å². The molecule has 1 aromatic carbocycles. The number of benzene rings is 1. The summed E-state index contributed by atoms with van der Waals surface area (Å²) in [5.41, 5.74) is 2.36. The minimum Gasteiger partial charge on any atom is -0.386 e. The lowest BCUT2D eigenvalue weighted by atomic mass is 9.92. The van der Waals surface area contributed by atoms with Gasteiger partial charge in [0.15, 0.2) is 0 Å². The highest BCUT2D eigenvalue weighted by Crippen LogP contribution is 2.23. The summed E-state index contributed by atoms with van der Waals surface area (Å²) in [5.74, 6) is 0.864. The zero-order valence-corrected chi connectivity index (χ0v) is 18.1. The van der Waals surface area contributed by atoms with E-state index < -0.39 is 0 Å². The number of hydrogen-bond acceptors (Lipinski definition) is 3. The molecule has 0 aliphatic rings. The molecule has 0 fully saturated rings. The molecule has 0 aliphatic heterocycles. The number of hydrogen-bond donors (Lipinski definition) is 3. The zero-order chi connectivity index (χ0) is 19.4. The monoisotopic (exact) mass is 361 g/mol. The maximum atomic E-state index is 3.93. The predicted molar refractivity (Wildman–Crippen MR) is 118 cm³/mol. The maximum absolute atomic E-state index is 3.93. The lowest BCUT2D eigenvalue weighted by Gasteiger charge is -2.29. The maximum Gasteiger partial charge on any atom is 0.0577 e. The minimum absolute atomic E-state index is 0.443. The van der Waals surface area contributed by atoms with Crippen LogP contribution in [-0.4, -0.2) is 25.2 Å². The van der Waals surface area contributed by atoms with E-state index in [4.69, 9.17) is 0 Å². The summed E-state index contributed by atoms with van der Waals surface area (Å²) in [4.78, 5) is 0. The molecule has 150 valence electrons. The van der Waals surface area contributed by atoms with Gasteiger partial charge in [-0.05, 0) is 51.2 Å². The van der Waals surface area contributed by atoms with Gasteiger partial charge in [-0.3, -0.25) is 0 Å². The van der Waals surface area contributed by atoms with E-state index in [1.807, 2.05) is 7.05 Å². The van der Waals surface area contributed by atoms with Gasteiger partial charge in [-0.15, -0.1) is 0 Å². The summed E-state index contributed by atoms with van der Waals surface area (Å²) < 4.78 is 0. The Morgan fingerprint density at radius 3 is 2.08 bits per heavy atom. The molecule has 26 heavy (non-hydrogen) atoms. The van der Waals surface area contributed by atoms with E-state index in [-0.39, 0.29) is 0 Å². The van der Waals surface area contributed by atoms with Crippen LogP contribution >= 0.6 is 0 Å². The van der Waals surface area contributed by atoms with E-state index in [0.717, 1.165) is 18.0 Å².